The number of hydrogen-bond donors (Lipinski definition) is 0. The number of methoxy groups -OCH3 is 1. The van der Waals surface area contributed by atoms with Crippen LogP contribution >= 0.6 is 11.6 Å². The van der Waals surface area contributed by atoms with Crippen molar-refractivity contribution in [3.8, 4) is 5.75 Å². The van der Waals surface area contributed by atoms with Crippen LogP contribution in [0.2, 0.25) is 5.15 Å². The molecular weight excluding hydrogens is 366 g/mol. The number of pyridine rings is 1. The summed E-state index contributed by atoms with van der Waals surface area (Å²) >= 11 is 6.21. The zero-order valence-corrected chi connectivity index (χ0v) is 15.3. The summed E-state index contributed by atoms with van der Waals surface area (Å²) < 4.78 is 16.1. The molecule has 4 rings (SSSR count). The third-order valence-corrected chi connectivity index (χ3v) is 4.66. The van der Waals surface area contributed by atoms with Gasteiger partial charge in [0.05, 0.1) is 25.3 Å². The third-order valence-electron chi connectivity index (χ3n) is 4.34. The van der Waals surface area contributed by atoms with E-state index < -0.39 is 0 Å². The summed E-state index contributed by atoms with van der Waals surface area (Å²) in [6.45, 7) is 0.0686. The Bertz CT molecular complexity index is 1140. The summed E-state index contributed by atoms with van der Waals surface area (Å²) in [5, 5.41) is 2.14. The first kappa shape index (κ1) is 17.4. The van der Waals surface area contributed by atoms with Crippen LogP contribution in [0.1, 0.15) is 11.1 Å². The average molecular weight is 382 g/mol. The smallest absolute Gasteiger partial charge is 0.310 e. The van der Waals surface area contributed by atoms with E-state index >= 15 is 0 Å². The fourth-order valence-corrected chi connectivity index (χ4v) is 3.13. The first-order valence-electron chi connectivity index (χ1n) is 8.38. The number of halogens is 1. The highest BCUT2D eigenvalue weighted by Crippen LogP contribution is 2.26. The first-order valence-corrected chi connectivity index (χ1v) is 8.76. The molecule has 0 bridgehead atoms. The number of carbonyl (C=O) groups is 1. The molecular formula is C21H16ClNO4. The van der Waals surface area contributed by atoms with Gasteiger partial charge in [0.15, 0.2) is 0 Å². The number of para-hydroxylation sites is 1. The summed E-state index contributed by atoms with van der Waals surface area (Å²) in [4.78, 5) is 16.6. The Labute approximate surface area is 160 Å². The van der Waals surface area contributed by atoms with Crippen molar-refractivity contribution in [2.45, 2.75) is 13.0 Å². The Morgan fingerprint density at radius 3 is 2.85 bits per heavy atom. The third kappa shape index (κ3) is 3.59. The van der Waals surface area contributed by atoms with Crippen LogP contribution in [-0.2, 0) is 22.6 Å². The number of rotatable bonds is 5. The van der Waals surface area contributed by atoms with Crippen molar-refractivity contribution in [3.05, 3.63) is 71.1 Å². The molecule has 4 aromatic rings. The van der Waals surface area contributed by atoms with Crippen LogP contribution in [0.15, 0.2) is 59.2 Å². The van der Waals surface area contributed by atoms with E-state index in [1.807, 2.05) is 42.5 Å². The van der Waals surface area contributed by atoms with Gasteiger partial charge in [-0.3, -0.25) is 4.79 Å². The van der Waals surface area contributed by atoms with Crippen molar-refractivity contribution in [3.63, 3.8) is 0 Å². The van der Waals surface area contributed by atoms with Gasteiger partial charge in [0, 0.05) is 28.0 Å². The number of aromatic nitrogens is 1. The van der Waals surface area contributed by atoms with Crippen LogP contribution in [0.4, 0.5) is 0 Å². The van der Waals surface area contributed by atoms with E-state index in [1.54, 1.807) is 19.4 Å². The molecule has 27 heavy (non-hydrogen) atoms. The summed E-state index contributed by atoms with van der Waals surface area (Å²) in [6.07, 6.45) is 1.67. The maximum absolute atomic E-state index is 12.3. The second kappa shape index (κ2) is 7.29. The van der Waals surface area contributed by atoms with Crippen LogP contribution < -0.4 is 4.74 Å². The molecule has 136 valence electrons. The van der Waals surface area contributed by atoms with Crippen molar-refractivity contribution in [2.75, 3.05) is 7.11 Å². The summed E-state index contributed by atoms with van der Waals surface area (Å²) in [5.74, 6) is 0.335. The van der Waals surface area contributed by atoms with Crippen molar-refractivity contribution in [1.82, 2.24) is 4.98 Å². The number of hydrogen-bond acceptors (Lipinski definition) is 5. The maximum atomic E-state index is 12.3. The molecule has 6 heteroatoms. The highest BCUT2D eigenvalue weighted by molar-refractivity contribution is 6.30. The molecule has 0 unspecified atom stereocenters. The number of nitrogens with zero attached hydrogens (tertiary/aromatic N) is 1. The predicted octanol–water partition coefficient (Wildman–Crippen LogP) is 4.93. The second-order valence-electron chi connectivity index (χ2n) is 6.09. The number of furan rings is 1. The van der Waals surface area contributed by atoms with E-state index in [9.17, 15) is 4.79 Å². The summed E-state index contributed by atoms with van der Waals surface area (Å²) in [6, 6.07) is 15.0. The maximum Gasteiger partial charge on any atom is 0.310 e. The summed E-state index contributed by atoms with van der Waals surface area (Å²) in [5.41, 5.74) is 2.91. The topological polar surface area (TPSA) is 61.6 Å². The molecule has 5 nitrogen and oxygen atoms in total. The molecule has 0 N–H and O–H groups in total. The molecule has 0 fully saturated rings. The largest absolute Gasteiger partial charge is 0.497 e. The zero-order chi connectivity index (χ0) is 18.8. The number of ether oxygens (including phenoxy) is 2. The van der Waals surface area contributed by atoms with Gasteiger partial charge in [0.1, 0.15) is 23.1 Å². The van der Waals surface area contributed by atoms with Gasteiger partial charge in [0.2, 0.25) is 0 Å². The van der Waals surface area contributed by atoms with E-state index in [4.69, 9.17) is 25.5 Å². The van der Waals surface area contributed by atoms with Gasteiger partial charge in [-0.1, -0.05) is 29.8 Å². The minimum absolute atomic E-state index is 0.0686. The quantitative estimate of drug-likeness (QED) is 0.362. The molecule has 2 heterocycles. The van der Waals surface area contributed by atoms with Crippen LogP contribution in [0.5, 0.6) is 5.75 Å². The van der Waals surface area contributed by atoms with Gasteiger partial charge >= 0.3 is 5.97 Å². The zero-order valence-electron chi connectivity index (χ0n) is 14.6. The van der Waals surface area contributed by atoms with Crippen molar-refractivity contribution < 1.29 is 18.7 Å². The van der Waals surface area contributed by atoms with Gasteiger partial charge < -0.3 is 13.9 Å². The van der Waals surface area contributed by atoms with Gasteiger partial charge in [-0.15, -0.1) is 0 Å². The Morgan fingerprint density at radius 1 is 1.15 bits per heavy atom. The molecule has 0 atom stereocenters. The van der Waals surface area contributed by atoms with Gasteiger partial charge in [-0.05, 0) is 24.3 Å². The molecule has 2 aromatic heterocycles. The molecule has 0 saturated heterocycles. The summed E-state index contributed by atoms with van der Waals surface area (Å²) in [7, 11) is 1.59. The van der Waals surface area contributed by atoms with E-state index in [0.717, 1.165) is 21.9 Å². The SMILES string of the molecule is COc1ccc2c(CC(=O)OCc3cc4ccccc4nc3Cl)coc2c1. The lowest BCUT2D eigenvalue weighted by Crippen LogP contribution is -2.08. The Kier molecular flexibility index (Phi) is 4.69. The van der Waals surface area contributed by atoms with Crippen LogP contribution in [0, 0.1) is 0 Å². The Hall–Kier alpha value is -3.05. The van der Waals surface area contributed by atoms with Crippen LogP contribution in [-0.4, -0.2) is 18.1 Å². The van der Waals surface area contributed by atoms with Crippen molar-refractivity contribution >= 4 is 39.4 Å². The number of carbonyl (C=O) groups excluding carboxylic acids is 1. The van der Waals surface area contributed by atoms with Crippen LogP contribution in [0.25, 0.3) is 21.9 Å². The second-order valence-corrected chi connectivity index (χ2v) is 6.45. The number of benzene rings is 2. The number of fused-ring (bicyclic) bond motifs is 2. The molecule has 0 saturated carbocycles. The average Bonchev–Trinajstić information content (AvgIpc) is 3.08. The van der Waals surface area contributed by atoms with E-state index in [-0.39, 0.29) is 19.0 Å². The van der Waals surface area contributed by atoms with Crippen molar-refractivity contribution in [2.24, 2.45) is 0 Å². The standard InChI is InChI=1S/C21H16ClNO4/c1-25-16-6-7-17-14(11-26-19(17)10-16)9-20(24)27-12-15-8-13-4-2-3-5-18(13)23-21(15)22/h2-8,10-11H,9,12H2,1H3. The highest BCUT2D eigenvalue weighted by Gasteiger charge is 2.13. The van der Waals surface area contributed by atoms with Gasteiger partial charge in [-0.25, -0.2) is 4.98 Å². The molecule has 0 aliphatic carbocycles. The van der Waals surface area contributed by atoms with E-state index in [2.05, 4.69) is 4.98 Å². The normalized spacial score (nSPS) is 11.0. The fraction of sp³-hybridized carbons (Fsp3) is 0.143. The highest BCUT2D eigenvalue weighted by atomic mass is 35.5. The lowest BCUT2D eigenvalue weighted by atomic mass is 10.1. The molecule has 0 aliphatic rings. The lowest BCUT2D eigenvalue weighted by molar-refractivity contribution is -0.144. The molecule has 0 spiro atoms. The van der Waals surface area contributed by atoms with Gasteiger partial charge in [-0.2, -0.15) is 0 Å². The molecule has 0 radical (unpaired) electrons. The Balaban J connectivity index is 1.46. The van der Waals surface area contributed by atoms with Gasteiger partial charge in [0.25, 0.3) is 0 Å². The monoisotopic (exact) mass is 381 g/mol. The lowest BCUT2D eigenvalue weighted by Gasteiger charge is -2.07. The van der Waals surface area contributed by atoms with E-state index in [1.165, 1.54) is 0 Å². The van der Waals surface area contributed by atoms with Crippen LogP contribution in [0.3, 0.4) is 0 Å². The molecule has 0 aliphatic heterocycles. The first-order chi connectivity index (χ1) is 13.1. The fourth-order valence-electron chi connectivity index (χ4n) is 2.93. The van der Waals surface area contributed by atoms with E-state index in [0.29, 0.717) is 22.0 Å². The van der Waals surface area contributed by atoms with Crippen molar-refractivity contribution in [1.29, 1.82) is 0 Å². The minimum Gasteiger partial charge on any atom is -0.497 e. The molecule has 2 aromatic carbocycles. The number of esters is 1. The Morgan fingerprint density at radius 2 is 2.00 bits per heavy atom. The predicted molar refractivity (Wildman–Crippen MR) is 103 cm³/mol. The molecule has 0 amide bonds. The minimum atomic E-state index is -0.363.